The van der Waals surface area contributed by atoms with E-state index >= 15 is 0 Å². The topological polar surface area (TPSA) is 44.0 Å². The molecule has 16 heavy (non-hydrogen) atoms. The van der Waals surface area contributed by atoms with Crippen molar-refractivity contribution in [2.24, 2.45) is 0 Å². The van der Waals surface area contributed by atoms with Crippen LogP contribution >= 0.6 is 12.4 Å². The Morgan fingerprint density at radius 3 is 2.69 bits per heavy atom. The Labute approximate surface area is 100 Å². The molecule has 1 saturated heterocycles. The van der Waals surface area contributed by atoms with Gasteiger partial charge in [-0.25, -0.2) is 0 Å². The molecule has 0 saturated carbocycles. The number of hydrogen-bond donors (Lipinski definition) is 2. The number of nitrogens with zero attached hydrogens (tertiary/aromatic N) is 2. The molecule has 1 aliphatic heterocycles. The van der Waals surface area contributed by atoms with Crippen molar-refractivity contribution in [1.29, 1.82) is 0 Å². The fraction of sp³-hybridized carbons (Fsp3) is 0.364. The number of benzene rings is 1. The molecule has 0 amide bonds. The molecule has 1 aliphatic rings. The average Bonchev–Trinajstić information content (AvgIpc) is 2.74. The molecule has 1 aromatic heterocycles. The molecule has 2 aromatic rings. The summed E-state index contributed by atoms with van der Waals surface area (Å²) in [6.45, 7) is 4.16. The fourth-order valence-electron chi connectivity index (χ4n) is 2.07. The van der Waals surface area contributed by atoms with Crippen LogP contribution < -0.4 is 10.2 Å². The van der Waals surface area contributed by atoms with Crippen molar-refractivity contribution in [2.45, 2.75) is 0 Å². The number of hydrogen-bond acceptors (Lipinski definition) is 3. The Bertz CT molecular complexity index is 462. The highest BCUT2D eigenvalue weighted by atomic mass is 35.5. The number of nitrogens with one attached hydrogen (secondary N) is 2. The van der Waals surface area contributed by atoms with Gasteiger partial charge in [0.2, 0.25) is 0 Å². The van der Waals surface area contributed by atoms with Gasteiger partial charge in [0.25, 0.3) is 0 Å². The highest BCUT2D eigenvalue weighted by Crippen LogP contribution is 2.23. The van der Waals surface area contributed by atoms with E-state index < -0.39 is 0 Å². The van der Waals surface area contributed by atoms with Gasteiger partial charge in [-0.05, 0) is 12.1 Å². The molecule has 2 heterocycles. The van der Waals surface area contributed by atoms with Gasteiger partial charge in [-0.1, -0.05) is 12.1 Å². The van der Waals surface area contributed by atoms with Crippen LogP contribution in [0.25, 0.3) is 10.9 Å². The zero-order valence-electron chi connectivity index (χ0n) is 8.94. The smallest absolute Gasteiger partial charge is 0.158 e. The van der Waals surface area contributed by atoms with Crippen LogP contribution in [0.3, 0.4) is 0 Å². The van der Waals surface area contributed by atoms with Gasteiger partial charge >= 0.3 is 0 Å². The molecular formula is C11H15ClN4. The third kappa shape index (κ3) is 1.86. The van der Waals surface area contributed by atoms with Crippen molar-refractivity contribution >= 4 is 29.1 Å². The fourth-order valence-corrected chi connectivity index (χ4v) is 2.07. The van der Waals surface area contributed by atoms with E-state index in [-0.39, 0.29) is 12.4 Å². The van der Waals surface area contributed by atoms with Gasteiger partial charge < -0.3 is 10.2 Å². The molecule has 86 valence electrons. The second-order valence-corrected chi connectivity index (χ2v) is 3.83. The molecule has 0 radical (unpaired) electrons. The summed E-state index contributed by atoms with van der Waals surface area (Å²) in [6, 6.07) is 8.27. The number of H-pyrrole nitrogens is 1. The van der Waals surface area contributed by atoms with E-state index in [9.17, 15) is 0 Å². The number of anilines is 1. The molecule has 1 fully saturated rings. The summed E-state index contributed by atoms with van der Waals surface area (Å²) in [5.74, 6) is 1.09. The number of piperazine rings is 1. The van der Waals surface area contributed by atoms with Crippen molar-refractivity contribution in [1.82, 2.24) is 15.5 Å². The first-order chi connectivity index (χ1) is 7.45. The number of aromatic nitrogens is 2. The van der Waals surface area contributed by atoms with E-state index in [1.807, 2.05) is 6.07 Å². The number of halogens is 1. The van der Waals surface area contributed by atoms with Crippen LogP contribution in [0, 0.1) is 0 Å². The summed E-state index contributed by atoms with van der Waals surface area (Å²) in [6.07, 6.45) is 0. The van der Waals surface area contributed by atoms with Gasteiger partial charge in [-0.15, -0.1) is 12.4 Å². The summed E-state index contributed by atoms with van der Waals surface area (Å²) >= 11 is 0. The first kappa shape index (κ1) is 11.2. The second kappa shape index (κ2) is 4.72. The van der Waals surface area contributed by atoms with E-state index in [2.05, 4.69) is 38.6 Å². The van der Waals surface area contributed by atoms with Crippen LogP contribution in [0.5, 0.6) is 0 Å². The standard InChI is InChI=1S/C11H14N4.ClH/c1-2-4-10-9(3-1)11(14-13-10)15-7-5-12-6-8-15;/h1-4,12H,5-8H2,(H,13,14);1H. The minimum atomic E-state index is 0. The summed E-state index contributed by atoms with van der Waals surface area (Å²) in [4.78, 5) is 2.33. The van der Waals surface area contributed by atoms with Crippen LogP contribution in [-0.4, -0.2) is 36.4 Å². The lowest BCUT2D eigenvalue weighted by molar-refractivity contribution is 0.585. The molecule has 2 N–H and O–H groups in total. The predicted octanol–water partition coefficient (Wildman–Crippen LogP) is 1.39. The van der Waals surface area contributed by atoms with Gasteiger partial charge in [0.1, 0.15) is 0 Å². The monoisotopic (exact) mass is 238 g/mol. The van der Waals surface area contributed by atoms with Crippen molar-refractivity contribution < 1.29 is 0 Å². The maximum atomic E-state index is 4.39. The molecule has 5 heteroatoms. The van der Waals surface area contributed by atoms with E-state index in [0.717, 1.165) is 37.5 Å². The van der Waals surface area contributed by atoms with Crippen molar-refractivity contribution in [3.8, 4) is 0 Å². The lowest BCUT2D eigenvalue weighted by atomic mass is 10.2. The lowest BCUT2D eigenvalue weighted by Gasteiger charge is -2.27. The normalized spacial score (nSPS) is 16.1. The third-order valence-electron chi connectivity index (χ3n) is 2.87. The maximum Gasteiger partial charge on any atom is 0.158 e. The van der Waals surface area contributed by atoms with E-state index in [0.29, 0.717) is 0 Å². The van der Waals surface area contributed by atoms with Crippen molar-refractivity contribution in [3.63, 3.8) is 0 Å². The molecular weight excluding hydrogens is 224 g/mol. The summed E-state index contributed by atoms with van der Waals surface area (Å²) in [5, 5.41) is 12.0. The highest BCUT2D eigenvalue weighted by molar-refractivity contribution is 5.90. The number of aromatic amines is 1. The SMILES string of the molecule is Cl.c1ccc2c(N3CCNCC3)n[nH]c2c1. The Balaban J connectivity index is 0.000000963. The van der Waals surface area contributed by atoms with Gasteiger partial charge in [-0.3, -0.25) is 5.10 Å². The average molecular weight is 239 g/mol. The van der Waals surface area contributed by atoms with E-state index in [4.69, 9.17) is 0 Å². The molecule has 0 unspecified atom stereocenters. The van der Waals surface area contributed by atoms with Gasteiger partial charge in [0, 0.05) is 31.6 Å². The van der Waals surface area contributed by atoms with Crippen molar-refractivity contribution in [2.75, 3.05) is 31.1 Å². The number of para-hydroxylation sites is 1. The Hall–Kier alpha value is -1.26. The summed E-state index contributed by atoms with van der Waals surface area (Å²) < 4.78 is 0. The first-order valence-corrected chi connectivity index (χ1v) is 5.34. The zero-order valence-corrected chi connectivity index (χ0v) is 9.76. The Morgan fingerprint density at radius 1 is 1.12 bits per heavy atom. The summed E-state index contributed by atoms with van der Waals surface area (Å²) in [7, 11) is 0. The molecule has 0 spiro atoms. The van der Waals surface area contributed by atoms with Crippen molar-refractivity contribution in [3.05, 3.63) is 24.3 Å². The molecule has 0 aliphatic carbocycles. The van der Waals surface area contributed by atoms with Crippen LogP contribution in [0.2, 0.25) is 0 Å². The van der Waals surface area contributed by atoms with Crippen LogP contribution in [0.4, 0.5) is 5.82 Å². The number of fused-ring (bicyclic) bond motifs is 1. The third-order valence-corrected chi connectivity index (χ3v) is 2.87. The van der Waals surface area contributed by atoms with E-state index in [1.54, 1.807) is 0 Å². The first-order valence-electron chi connectivity index (χ1n) is 5.34. The maximum absolute atomic E-state index is 4.39. The Kier molecular flexibility index (Phi) is 3.31. The zero-order chi connectivity index (χ0) is 10.1. The van der Waals surface area contributed by atoms with Crippen LogP contribution in [0.1, 0.15) is 0 Å². The highest BCUT2D eigenvalue weighted by Gasteiger charge is 2.15. The van der Waals surface area contributed by atoms with Gasteiger partial charge in [0.15, 0.2) is 5.82 Å². The second-order valence-electron chi connectivity index (χ2n) is 3.83. The van der Waals surface area contributed by atoms with E-state index in [1.165, 1.54) is 5.39 Å². The molecule has 4 nitrogen and oxygen atoms in total. The quantitative estimate of drug-likeness (QED) is 0.789. The minimum absolute atomic E-state index is 0. The lowest BCUT2D eigenvalue weighted by Crippen LogP contribution is -2.43. The molecule has 1 aromatic carbocycles. The van der Waals surface area contributed by atoms with Gasteiger partial charge in [0.05, 0.1) is 5.52 Å². The molecule has 3 rings (SSSR count). The largest absolute Gasteiger partial charge is 0.352 e. The Morgan fingerprint density at radius 2 is 1.88 bits per heavy atom. The number of rotatable bonds is 1. The predicted molar refractivity (Wildman–Crippen MR) is 68.4 cm³/mol. The molecule has 0 bridgehead atoms. The minimum Gasteiger partial charge on any atom is -0.352 e. The van der Waals surface area contributed by atoms with Gasteiger partial charge in [-0.2, -0.15) is 5.10 Å². The summed E-state index contributed by atoms with van der Waals surface area (Å²) in [5.41, 5.74) is 1.12. The van der Waals surface area contributed by atoms with Crippen LogP contribution in [0.15, 0.2) is 24.3 Å². The van der Waals surface area contributed by atoms with Crippen LogP contribution in [-0.2, 0) is 0 Å². The molecule has 0 atom stereocenters.